The molecule has 5 rings (SSSR count). The van der Waals surface area contributed by atoms with E-state index < -0.39 is 6.04 Å². The smallest absolute Gasteiger partial charge is 0.237 e. The first-order chi connectivity index (χ1) is 19.4. The number of nitrogens with one attached hydrogen (secondary N) is 1. The molecule has 40 heavy (non-hydrogen) atoms. The van der Waals surface area contributed by atoms with Gasteiger partial charge in [-0.05, 0) is 103 Å². The summed E-state index contributed by atoms with van der Waals surface area (Å²) in [4.78, 5) is 28.8. The average Bonchev–Trinajstić information content (AvgIpc) is 3.71. The summed E-state index contributed by atoms with van der Waals surface area (Å²) in [6.07, 6.45) is 7.56. The minimum Gasteiger partial charge on any atom is -0.345 e. The van der Waals surface area contributed by atoms with Crippen LogP contribution in [0.25, 0.3) is 11.4 Å². The number of aryl methyl sites for hydroxylation is 1. The van der Waals surface area contributed by atoms with Crippen LogP contribution in [0.5, 0.6) is 0 Å². The molecule has 1 aliphatic heterocycles. The van der Waals surface area contributed by atoms with Crippen molar-refractivity contribution in [3.63, 3.8) is 0 Å². The van der Waals surface area contributed by atoms with E-state index in [0.29, 0.717) is 17.9 Å². The Morgan fingerprint density at radius 2 is 2.02 bits per heavy atom. The van der Waals surface area contributed by atoms with Gasteiger partial charge in [0.05, 0.1) is 23.5 Å². The number of halogens is 1. The van der Waals surface area contributed by atoms with Gasteiger partial charge in [-0.1, -0.05) is 30.7 Å². The highest BCUT2D eigenvalue weighted by Gasteiger charge is 2.34. The highest BCUT2D eigenvalue weighted by molar-refractivity contribution is 6.30. The average molecular weight is 561 g/mol. The third kappa shape index (κ3) is 6.29. The molecule has 2 aromatic carbocycles. The van der Waals surface area contributed by atoms with E-state index in [-0.39, 0.29) is 30.1 Å². The van der Waals surface area contributed by atoms with Gasteiger partial charge in [0.1, 0.15) is 6.33 Å². The monoisotopic (exact) mass is 560 g/mol. The molecule has 0 unspecified atom stereocenters. The van der Waals surface area contributed by atoms with E-state index >= 15 is 0 Å². The number of likely N-dealkylation sites (N-methyl/N-ethyl adjacent to an activating group) is 1. The molecule has 1 amide bonds. The number of nitrogens with zero attached hydrogens (tertiary/aromatic N) is 7. The first kappa shape index (κ1) is 27.7. The van der Waals surface area contributed by atoms with Crippen molar-refractivity contribution in [2.24, 2.45) is 0 Å². The van der Waals surface area contributed by atoms with E-state index in [2.05, 4.69) is 49.9 Å². The van der Waals surface area contributed by atoms with Gasteiger partial charge in [-0.2, -0.15) is 5.10 Å². The van der Waals surface area contributed by atoms with Gasteiger partial charge in [0.25, 0.3) is 0 Å². The second-order valence-electron chi connectivity index (χ2n) is 10.1. The second-order valence-corrected chi connectivity index (χ2v) is 10.6. The van der Waals surface area contributed by atoms with Gasteiger partial charge in [0.15, 0.2) is 5.78 Å². The zero-order valence-corrected chi connectivity index (χ0v) is 23.4. The fourth-order valence-electron chi connectivity index (χ4n) is 5.42. The number of carbonyl (C=O) groups is 2. The number of likely N-dealkylation sites (tertiary alicyclic amines) is 1. The van der Waals surface area contributed by atoms with Crippen LogP contribution in [0.3, 0.4) is 0 Å². The third-order valence-electron chi connectivity index (χ3n) is 7.65. The van der Waals surface area contributed by atoms with Gasteiger partial charge in [-0.15, -0.1) is 5.10 Å². The molecule has 0 saturated carbocycles. The maximum absolute atomic E-state index is 13.5. The molecule has 3 atom stereocenters. The maximum atomic E-state index is 13.5. The van der Waals surface area contributed by atoms with Crippen LogP contribution in [0.1, 0.15) is 50.2 Å². The third-order valence-corrected chi connectivity index (χ3v) is 7.89. The lowest BCUT2D eigenvalue weighted by atomic mass is 9.84. The topological polar surface area (TPSA) is 111 Å². The molecule has 1 aliphatic rings. The van der Waals surface area contributed by atoms with Crippen molar-refractivity contribution in [1.29, 1.82) is 0 Å². The number of aromatic nitrogens is 6. The van der Waals surface area contributed by atoms with Crippen molar-refractivity contribution < 1.29 is 9.59 Å². The van der Waals surface area contributed by atoms with Crippen molar-refractivity contribution in [2.75, 3.05) is 13.1 Å². The number of carbonyl (C=O) groups excluding carboxylic acids is 2. The van der Waals surface area contributed by atoms with Crippen LogP contribution in [-0.2, 0) is 16.0 Å². The summed E-state index contributed by atoms with van der Waals surface area (Å²) in [5, 5.41) is 19.3. The van der Waals surface area contributed by atoms with Gasteiger partial charge in [0, 0.05) is 23.8 Å². The highest BCUT2D eigenvalue weighted by Crippen LogP contribution is 2.32. The molecule has 11 heteroatoms. The molecule has 3 heterocycles. The van der Waals surface area contributed by atoms with Crippen LogP contribution in [0.15, 0.2) is 67.3 Å². The van der Waals surface area contributed by atoms with Crippen LogP contribution >= 0.6 is 11.6 Å². The number of ketones is 1. The lowest BCUT2D eigenvalue weighted by molar-refractivity contribution is -0.132. The minimum atomic E-state index is -0.606. The number of Topliss-reactive ketones (excluding diaryl/α,β-unsaturated/α-hetero) is 1. The number of tetrazole rings is 1. The summed E-state index contributed by atoms with van der Waals surface area (Å²) in [5.74, 6) is 0.0960. The zero-order valence-electron chi connectivity index (χ0n) is 22.7. The Morgan fingerprint density at radius 3 is 2.77 bits per heavy atom. The zero-order chi connectivity index (χ0) is 28.1. The maximum Gasteiger partial charge on any atom is 0.237 e. The van der Waals surface area contributed by atoms with E-state index in [4.69, 9.17) is 11.6 Å². The summed E-state index contributed by atoms with van der Waals surface area (Å²) >= 11 is 6.22. The van der Waals surface area contributed by atoms with Crippen molar-refractivity contribution in [2.45, 2.75) is 57.5 Å². The molecule has 0 spiro atoms. The van der Waals surface area contributed by atoms with Crippen LogP contribution < -0.4 is 5.32 Å². The van der Waals surface area contributed by atoms with Crippen molar-refractivity contribution in [3.05, 3.63) is 83.4 Å². The van der Waals surface area contributed by atoms with E-state index in [1.165, 1.54) is 11.9 Å². The molecule has 2 aromatic heterocycles. The Balaban J connectivity index is 1.22. The summed E-state index contributed by atoms with van der Waals surface area (Å²) in [6.45, 7) is 5.42. The number of benzene rings is 2. The molecule has 4 aromatic rings. The quantitative estimate of drug-likeness (QED) is 0.314. The molecule has 10 nitrogen and oxygen atoms in total. The van der Waals surface area contributed by atoms with E-state index in [1.54, 1.807) is 23.9 Å². The first-order valence-corrected chi connectivity index (χ1v) is 14.0. The second kappa shape index (κ2) is 12.5. The SMILES string of the molecule is CCN1CC[C@H](c2cccc(-n3cccn3)c2)C[C@@H]1C(=O)N[C@@H](C)C(=O)CCc1cc(Cl)ccc1-n1cnnn1. The van der Waals surface area contributed by atoms with Gasteiger partial charge in [-0.3, -0.25) is 14.5 Å². The van der Waals surface area contributed by atoms with Crippen molar-refractivity contribution >= 4 is 23.3 Å². The van der Waals surface area contributed by atoms with Crippen molar-refractivity contribution in [1.82, 2.24) is 40.2 Å². The Labute approximate surface area is 238 Å². The Morgan fingerprint density at radius 1 is 1.15 bits per heavy atom. The minimum absolute atomic E-state index is 0.0432. The summed E-state index contributed by atoms with van der Waals surface area (Å²) in [7, 11) is 0. The predicted molar refractivity (Wildman–Crippen MR) is 152 cm³/mol. The molecule has 1 N–H and O–H groups in total. The number of hydrogen-bond donors (Lipinski definition) is 1. The Bertz CT molecular complexity index is 1440. The lowest BCUT2D eigenvalue weighted by Crippen LogP contribution is -2.53. The Kier molecular flexibility index (Phi) is 8.66. The molecule has 0 bridgehead atoms. The normalized spacial score (nSPS) is 18.4. The number of hydrogen-bond acceptors (Lipinski definition) is 7. The van der Waals surface area contributed by atoms with Gasteiger partial charge < -0.3 is 5.32 Å². The number of rotatable bonds is 10. The highest BCUT2D eigenvalue weighted by atomic mass is 35.5. The van der Waals surface area contributed by atoms with Crippen molar-refractivity contribution in [3.8, 4) is 11.4 Å². The molecular formula is C29H33ClN8O2. The van der Waals surface area contributed by atoms with Crippen LogP contribution in [-0.4, -0.2) is 71.8 Å². The summed E-state index contributed by atoms with van der Waals surface area (Å²) in [6, 6.07) is 14.8. The van der Waals surface area contributed by atoms with E-state index in [1.807, 2.05) is 41.2 Å². The van der Waals surface area contributed by atoms with Gasteiger partial charge in [-0.25, -0.2) is 9.36 Å². The largest absolute Gasteiger partial charge is 0.345 e. The van der Waals surface area contributed by atoms with Crippen LogP contribution in [0.4, 0.5) is 0 Å². The molecular weight excluding hydrogens is 528 g/mol. The van der Waals surface area contributed by atoms with Gasteiger partial charge in [0.2, 0.25) is 5.91 Å². The van der Waals surface area contributed by atoms with E-state index in [0.717, 1.165) is 36.4 Å². The number of amides is 1. The first-order valence-electron chi connectivity index (χ1n) is 13.6. The molecule has 208 valence electrons. The molecule has 0 aliphatic carbocycles. The molecule has 1 fully saturated rings. The van der Waals surface area contributed by atoms with Crippen LogP contribution in [0, 0.1) is 0 Å². The Hall–Kier alpha value is -3.89. The van der Waals surface area contributed by atoms with E-state index in [9.17, 15) is 9.59 Å². The fraction of sp³-hybridized carbons (Fsp3) is 0.379. The lowest BCUT2D eigenvalue weighted by Gasteiger charge is -2.38. The van der Waals surface area contributed by atoms with Crippen LogP contribution in [0.2, 0.25) is 5.02 Å². The fourth-order valence-corrected chi connectivity index (χ4v) is 5.62. The predicted octanol–water partition coefficient (Wildman–Crippen LogP) is 3.78. The van der Waals surface area contributed by atoms with Gasteiger partial charge >= 0.3 is 0 Å². The molecule has 1 saturated heterocycles. The summed E-state index contributed by atoms with van der Waals surface area (Å²) < 4.78 is 3.39. The molecule has 0 radical (unpaired) electrons. The number of piperidine rings is 1. The summed E-state index contributed by atoms with van der Waals surface area (Å²) in [5.41, 5.74) is 3.83. The standard InChI is InChI=1S/C29H33ClN8O2/c1-3-36-15-12-22(21-6-4-7-25(17-21)37-14-5-13-32-37)18-27(36)29(40)33-20(2)28(39)11-8-23-16-24(30)9-10-26(23)38-19-31-34-35-38/h4-7,9-10,13-14,16-17,19-20,22,27H,3,8,11-12,15,18H2,1-2H3,(H,33,40)/t20-,22-,27+/m0/s1.